The van der Waals surface area contributed by atoms with Crippen LogP contribution < -0.4 is 10.2 Å². The van der Waals surface area contributed by atoms with Gasteiger partial charge in [-0.1, -0.05) is 18.2 Å². The van der Waals surface area contributed by atoms with Crippen LogP contribution in [0.5, 0.6) is 0 Å². The summed E-state index contributed by atoms with van der Waals surface area (Å²) in [4.78, 5) is 13.9. The van der Waals surface area contributed by atoms with E-state index in [0.29, 0.717) is 12.6 Å². The van der Waals surface area contributed by atoms with Gasteiger partial charge >= 0.3 is 0 Å². The van der Waals surface area contributed by atoms with Gasteiger partial charge < -0.3 is 9.64 Å². The van der Waals surface area contributed by atoms with Gasteiger partial charge in [-0.15, -0.1) is 0 Å². The minimum absolute atomic E-state index is 0.123. The number of ether oxygens (including phenoxy) is 1. The van der Waals surface area contributed by atoms with E-state index in [1.807, 2.05) is 31.3 Å². The molecule has 3 rings (SSSR count). The normalized spacial score (nSPS) is 27.6. The number of fused-ring (bicyclic) bond motifs is 1. The predicted molar refractivity (Wildman–Crippen MR) is 65.0 cm³/mol. The van der Waals surface area contributed by atoms with Crippen molar-refractivity contribution in [3.63, 3.8) is 0 Å². The first kappa shape index (κ1) is 10.7. The zero-order chi connectivity index (χ0) is 11.8. The van der Waals surface area contributed by atoms with Crippen molar-refractivity contribution >= 4 is 11.6 Å². The molecule has 1 unspecified atom stereocenters. The second kappa shape index (κ2) is 4.13. The number of carbonyl (C=O) groups excluding carboxylic acids is 1. The van der Waals surface area contributed by atoms with E-state index >= 15 is 0 Å². The lowest BCUT2D eigenvalue weighted by Gasteiger charge is -2.17. The quantitative estimate of drug-likeness (QED) is 0.829. The maximum Gasteiger partial charge on any atom is 0.248 e. The molecule has 2 atom stereocenters. The summed E-state index contributed by atoms with van der Waals surface area (Å²) in [6.07, 6.45) is 0.982. The van der Waals surface area contributed by atoms with Gasteiger partial charge in [0.15, 0.2) is 0 Å². The molecule has 0 aliphatic carbocycles. The Kier molecular flexibility index (Phi) is 2.61. The van der Waals surface area contributed by atoms with E-state index in [1.54, 1.807) is 4.90 Å². The summed E-state index contributed by atoms with van der Waals surface area (Å²) in [6, 6.07) is 8.03. The van der Waals surface area contributed by atoms with Crippen LogP contribution in [0.4, 0.5) is 5.69 Å². The van der Waals surface area contributed by atoms with Crippen LogP contribution >= 0.6 is 0 Å². The average molecular weight is 232 g/mol. The number of likely N-dealkylation sites (N-methyl/N-ethyl adjacent to an activating group) is 1. The summed E-state index contributed by atoms with van der Waals surface area (Å²) >= 11 is 0. The van der Waals surface area contributed by atoms with Crippen molar-refractivity contribution in [2.75, 3.05) is 25.2 Å². The second-order valence-corrected chi connectivity index (χ2v) is 4.62. The van der Waals surface area contributed by atoms with Gasteiger partial charge in [-0.3, -0.25) is 10.1 Å². The van der Waals surface area contributed by atoms with Gasteiger partial charge in [-0.05, 0) is 12.5 Å². The third-order valence-electron chi connectivity index (χ3n) is 3.52. The Labute approximate surface area is 101 Å². The highest BCUT2D eigenvalue weighted by Crippen LogP contribution is 2.34. The van der Waals surface area contributed by atoms with E-state index in [9.17, 15) is 4.79 Å². The van der Waals surface area contributed by atoms with Crippen molar-refractivity contribution in [3.05, 3.63) is 29.8 Å². The molecule has 1 aromatic carbocycles. The maximum atomic E-state index is 12.2. The summed E-state index contributed by atoms with van der Waals surface area (Å²) in [5, 5.41) is 3.40. The van der Waals surface area contributed by atoms with Gasteiger partial charge in [-0.25, -0.2) is 0 Å². The van der Waals surface area contributed by atoms with Crippen LogP contribution in [0.2, 0.25) is 0 Å². The zero-order valence-electron chi connectivity index (χ0n) is 9.85. The van der Waals surface area contributed by atoms with E-state index in [4.69, 9.17) is 4.74 Å². The van der Waals surface area contributed by atoms with E-state index in [-0.39, 0.29) is 11.9 Å². The van der Waals surface area contributed by atoms with Crippen LogP contribution in [0.25, 0.3) is 0 Å². The molecule has 90 valence electrons. The molecule has 4 heteroatoms. The van der Waals surface area contributed by atoms with Crippen molar-refractivity contribution in [1.82, 2.24) is 5.32 Å². The Morgan fingerprint density at radius 1 is 1.41 bits per heavy atom. The minimum Gasteiger partial charge on any atom is -0.380 e. The number of rotatable bonds is 2. The topological polar surface area (TPSA) is 41.6 Å². The molecule has 0 spiro atoms. The number of hydrogen-bond donors (Lipinski definition) is 1. The van der Waals surface area contributed by atoms with Gasteiger partial charge in [0.2, 0.25) is 5.91 Å². The third-order valence-corrected chi connectivity index (χ3v) is 3.52. The molecule has 1 N–H and O–H groups in total. The number of hydrogen-bond acceptors (Lipinski definition) is 3. The molecular weight excluding hydrogens is 216 g/mol. The lowest BCUT2D eigenvalue weighted by atomic mass is 10.1. The van der Waals surface area contributed by atoms with Crippen LogP contribution in [0.15, 0.2) is 24.3 Å². The van der Waals surface area contributed by atoms with E-state index in [1.165, 1.54) is 0 Å². The molecule has 1 aromatic rings. The molecule has 0 saturated carbocycles. The summed E-state index contributed by atoms with van der Waals surface area (Å²) in [5.74, 6) is 0.123. The van der Waals surface area contributed by atoms with Crippen LogP contribution in [-0.2, 0) is 9.53 Å². The number of carbonyl (C=O) groups is 1. The van der Waals surface area contributed by atoms with Crippen molar-refractivity contribution in [1.29, 1.82) is 0 Å². The lowest BCUT2D eigenvalue weighted by molar-refractivity contribution is -0.119. The van der Waals surface area contributed by atoms with Gasteiger partial charge in [0.1, 0.15) is 6.04 Å². The molecular formula is C13H16N2O2. The van der Waals surface area contributed by atoms with Crippen LogP contribution in [0.3, 0.4) is 0 Å². The highest BCUT2D eigenvalue weighted by Gasteiger charge is 2.36. The number of nitrogens with one attached hydrogen (secondary N) is 1. The van der Waals surface area contributed by atoms with E-state index < -0.39 is 0 Å². The predicted octanol–water partition coefficient (Wildman–Crippen LogP) is 1.08. The number of anilines is 1. The molecule has 1 saturated heterocycles. The number of nitrogens with zero attached hydrogens (tertiary/aromatic N) is 1. The molecule has 2 aliphatic rings. The van der Waals surface area contributed by atoms with Crippen LogP contribution in [0, 0.1) is 0 Å². The van der Waals surface area contributed by atoms with Crippen molar-refractivity contribution in [2.45, 2.75) is 18.5 Å². The largest absolute Gasteiger partial charge is 0.380 e. The smallest absolute Gasteiger partial charge is 0.248 e. The van der Waals surface area contributed by atoms with E-state index in [2.05, 4.69) is 5.32 Å². The van der Waals surface area contributed by atoms with Gasteiger partial charge in [0.25, 0.3) is 0 Å². The summed E-state index contributed by atoms with van der Waals surface area (Å²) in [6.45, 7) is 1.49. The molecule has 0 bridgehead atoms. The molecule has 2 heterocycles. The molecule has 2 aliphatic heterocycles. The van der Waals surface area contributed by atoms with Crippen molar-refractivity contribution in [2.24, 2.45) is 0 Å². The third kappa shape index (κ3) is 1.73. The van der Waals surface area contributed by atoms with Gasteiger partial charge in [0, 0.05) is 30.9 Å². The first-order chi connectivity index (χ1) is 8.27. The Balaban J connectivity index is 1.86. The number of para-hydroxylation sites is 1. The Morgan fingerprint density at radius 3 is 3.00 bits per heavy atom. The fourth-order valence-electron chi connectivity index (χ4n) is 2.55. The van der Waals surface area contributed by atoms with Gasteiger partial charge in [-0.2, -0.15) is 0 Å². The molecule has 17 heavy (non-hydrogen) atoms. The summed E-state index contributed by atoms with van der Waals surface area (Å²) < 4.78 is 5.33. The number of amides is 1. The molecule has 1 fully saturated rings. The monoisotopic (exact) mass is 232 g/mol. The average Bonchev–Trinajstić information content (AvgIpc) is 2.94. The minimum atomic E-state index is -0.206. The highest BCUT2D eigenvalue weighted by molar-refractivity contribution is 6.04. The first-order valence-corrected chi connectivity index (χ1v) is 5.97. The fourth-order valence-corrected chi connectivity index (χ4v) is 2.55. The Bertz CT molecular complexity index is 441. The van der Waals surface area contributed by atoms with Crippen LogP contribution in [-0.4, -0.2) is 32.2 Å². The number of benzene rings is 1. The van der Waals surface area contributed by atoms with Crippen LogP contribution in [0.1, 0.15) is 18.0 Å². The molecule has 1 amide bonds. The summed E-state index contributed by atoms with van der Waals surface area (Å²) in [7, 11) is 1.83. The summed E-state index contributed by atoms with van der Waals surface area (Å²) in [5.41, 5.74) is 2.08. The standard InChI is InChI=1S/C13H16N2O2/c1-15-11-5-3-2-4-10(11)12(13(15)16)14-9-6-7-17-8-9/h2-5,9,12,14H,6-8H2,1H3/t9-,12?/m1/s1. The lowest BCUT2D eigenvalue weighted by Crippen LogP contribution is -2.38. The van der Waals surface area contributed by atoms with Crippen molar-refractivity contribution in [3.8, 4) is 0 Å². The highest BCUT2D eigenvalue weighted by atomic mass is 16.5. The van der Waals surface area contributed by atoms with E-state index in [0.717, 1.165) is 24.3 Å². The van der Waals surface area contributed by atoms with Gasteiger partial charge in [0.05, 0.1) is 6.61 Å². The first-order valence-electron chi connectivity index (χ1n) is 5.97. The fraction of sp³-hybridized carbons (Fsp3) is 0.462. The zero-order valence-corrected chi connectivity index (χ0v) is 9.85. The van der Waals surface area contributed by atoms with Crippen molar-refractivity contribution < 1.29 is 9.53 Å². The molecule has 4 nitrogen and oxygen atoms in total. The molecule has 0 aromatic heterocycles. The Morgan fingerprint density at radius 2 is 2.24 bits per heavy atom. The Hall–Kier alpha value is -1.39. The SMILES string of the molecule is CN1C(=O)C(N[C@@H]2CCOC2)c2ccccc21. The maximum absolute atomic E-state index is 12.2. The molecule has 0 radical (unpaired) electrons. The second-order valence-electron chi connectivity index (χ2n) is 4.62.